The van der Waals surface area contributed by atoms with Gasteiger partial charge in [-0.1, -0.05) is 24.3 Å². The smallest absolute Gasteiger partial charge is 0.237 e. The van der Waals surface area contributed by atoms with Gasteiger partial charge in [-0.2, -0.15) is 0 Å². The van der Waals surface area contributed by atoms with E-state index < -0.39 is 0 Å². The van der Waals surface area contributed by atoms with Crippen LogP contribution in [0.25, 0.3) is 0 Å². The zero-order chi connectivity index (χ0) is 17.1. The maximum Gasteiger partial charge on any atom is 0.237 e. The van der Waals surface area contributed by atoms with Crippen LogP contribution in [0, 0.1) is 12.8 Å². The molecular weight excluding hydrogens is 302 g/mol. The van der Waals surface area contributed by atoms with Gasteiger partial charge in [-0.3, -0.25) is 14.5 Å². The van der Waals surface area contributed by atoms with E-state index in [2.05, 4.69) is 30.0 Å². The maximum atomic E-state index is 12.8. The summed E-state index contributed by atoms with van der Waals surface area (Å²) in [6.07, 6.45) is 3.64. The second-order valence-electron chi connectivity index (χ2n) is 7.05. The van der Waals surface area contributed by atoms with Crippen molar-refractivity contribution in [1.29, 1.82) is 0 Å². The van der Waals surface area contributed by atoms with Crippen LogP contribution in [0.15, 0.2) is 24.3 Å². The molecule has 1 atom stereocenters. The van der Waals surface area contributed by atoms with Gasteiger partial charge >= 0.3 is 0 Å². The molecule has 1 aromatic rings. The summed E-state index contributed by atoms with van der Waals surface area (Å²) < 4.78 is 0. The monoisotopic (exact) mass is 329 g/mol. The Labute approximate surface area is 143 Å². The lowest BCUT2D eigenvalue weighted by molar-refractivity contribution is -0.133. The Kier molecular flexibility index (Phi) is 5.19. The Hall–Kier alpha value is -1.88. The summed E-state index contributed by atoms with van der Waals surface area (Å²) in [6.45, 7) is 4.97. The normalized spacial score (nSPS) is 22.7. The second-order valence-corrected chi connectivity index (χ2v) is 7.05. The summed E-state index contributed by atoms with van der Waals surface area (Å²) in [5.41, 5.74) is 7.91. The molecule has 0 unspecified atom stereocenters. The minimum atomic E-state index is -0.208. The molecule has 2 heterocycles. The number of carbonyl (C=O) groups is 2. The number of carbonyl (C=O) groups excluding carboxylic acids is 2. The summed E-state index contributed by atoms with van der Waals surface area (Å²) in [5, 5.41) is 0. The fraction of sp³-hybridized carbons (Fsp3) is 0.579. The molecule has 5 nitrogen and oxygen atoms in total. The average Bonchev–Trinajstić information content (AvgIpc) is 3.05. The quantitative estimate of drug-likeness (QED) is 0.917. The molecule has 2 fully saturated rings. The van der Waals surface area contributed by atoms with Gasteiger partial charge in [0.2, 0.25) is 11.8 Å². The first-order valence-corrected chi connectivity index (χ1v) is 8.93. The number of likely N-dealkylation sites (tertiary alicyclic amines) is 2. The second kappa shape index (κ2) is 7.34. The SMILES string of the molecule is Cc1ccccc1[C@H]1CCCN1C(=O)CN1CCC(C(N)=O)CC1. The van der Waals surface area contributed by atoms with Crippen LogP contribution < -0.4 is 5.73 Å². The van der Waals surface area contributed by atoms with Gasteiger partial charge in [0, 0.05) is 12.5 Å². The fourth-order valence-corrected chi connectivity index (χ4v) is 4.01. The van der Waals surface area contributed by atoms with Crippen LogP contribution in [0.2, 0.25) is 0 Å². The topological polar surface area (TPSA) is 66.6 Å². The average molecular weight is 329 g/mol. The van der Waals surface area contributed by atoms with Gasteiger partial charge in [0.25, 0.3) is 0 Å². The van der Waals surface area contributed by atoms with E-state index in [1.54, 1.807) is 0 Å². The predicted molar refractivity (Wildman–Crippen MR) is 93.2 cm³/mol. The third-order valence-electron chi connectivity index (χ3n) is 5.47. The Bertz CT molecular complexity index is 608. The van der Waals surface area contributed by atoms with E-state index in [9.17, 15) is 9.59 Å². The van der Waals surface area contributed by atoms with E-state index in [-0.39, 0.29) is 23.8 Å². The first-order chi connectivity index (χ1) is 11.6. The molecule has 2 N–H and O–H groups in total. The van der Waals surface area contributed by atoms with Crippen molar-refractivity contribution in [1.82, 2.24) is 9.80 Å². The van der Waals surface area contributed by atoms with Crippen molar-refractivity contribution in [3.8, 4) is 0 Å². The van der Waals surface area contributed by atoms with E-state index in [4.69, 9.17) is 5.73 Å². The van der Waals surface area contributed by atoms with Crippen LogP contribution in [0.4, 0.5) is 0 Å². The molecule has 2 amide bonds. The lowest BCUT2D eigenvalue weighted by Crippen LogP contribution is -2.44. The maximum absolute atomic E-state index is 12.8. The third-order valence-corrected chi connectivity index (χ3v) is 5.47. The van der Waals surface area contributed by atoms with Crippen molar-refractivity contribution in [2.24, 2.45) is 11.7 Å². The molecule has 2 saturated heterocycles. The van der Waals surface area contributed by atoms with Crippen LogP contribution in [-0.2, 0) is 9.59 Å². The summed E-state index contributed by atoms with van der Waals surface area (Å²) in [5.74, 6) is -0.0266. The summed E-state index contributed by atoms with van der Waals surface area (Å²) in [7, 11) is 0. The predicted octanol–water partition coefficient (Wildman–Crippen LogP) is 1.86. The molecule has 1 aromatic carbocycles. The molecule has 3 rings (SSSR count). The van der Waals surface area contributed by atoms with Gasteiger partial charge in [-0.15, -0.1) is 0 Å². The molecule has 0 spiro atoms. The summed E-state index contributed by atoms with van der Waals surface area (Å²) in [6, 6.07) is 8.57. The number of nitrogens with zero attached hydrogens (tertiary/aromatic N) is 2. The highest BCUT2D eigenvalue weighted by Crippen LogP contribution is 2.33. The Morgan fingerprint density at radius 1 is 1.12 bits per heavy atom. The molecule has 0 aromatic heterocycles. The van der Waals surface area contributed by atoms with Gasteiger partial charge in [-0.05, 0) is 56.8 Å². The highest BCUT2D eigenvalue weighted by Gasteiger charge is 2.32. The first-order valence-electron chi connectivity index (χ1n) is 8.93. The first kappa shape index (κ1) is 17.0. The van der Waals surface area contributed by atoms with Crippen LogP contribution in [-0.4, -0.2) is 47.8 Å². The zero-order valence-corrected chi connectivity index (χ0v) is 14.4. The Morgan fingerprint density at radius 2 is 1.83 bits per heavy atom. The number of rotatable bonds is 4. The van der Waals surface area contributed by atoms with Crippen LogP contribution >= 0.6 is 0 Å². The van der Waals surface area contributed by atoms with Crippen molar-refractivity contribution in [2.45, 2.75) is 38.6 Å². The van der Waals surface area contributed by atoms with Crippen LogP contribution in [0.1, 0.15) is 42.9 Å². The minimum Gasteiger partial charge on any atom is -0.369 e. The van der Waals surface area contributed by atoms with Crippen LogP contribution in [0.5, 0.6) is 0 Å². The summed E-state index contributed by atoms with van der Waals surface area (Å²) in [4.78, 5) is 28.3. The van der Waals surface area contributed by atoms with Gasteiger partial charge < -0.3 is 10.6 Å². The number of hydrogen-bond donors (Lipinski definition) is 1. The number of aryl methyl sites for hydroxylation is 1. The van der Waals surface area contributed by atoms with E-state index in [0.717, 1.165) is 45.3 Å². The lowest BCUT2D eigenvalue weighted by Gasteiger charge is -2.33. The number of amides is 2. The number of piperidine rings is 1. The number of primary amides is 1. The molecule has 24 heavy (non-hydrogen) atoms. The minimum absolute atomic E-state index is 0.0251. The molecule has 0 bridgehead atoms. The van der Waals surface area contributed by atoms with E-state index in [0.29, 0.717) is 6.54 Å². The number of hydrogen-bond acceptors (Lipinski definition) is 3. The van der Waals surface area contributed by atoms with Crippen molar-refractivity contribution >= 4 is 11.8 Å². The van der Waals surface area contributed by atoms with Gasteiger partial charge in [0.05, 0.1) is 12.6 Å². The number of benzene rings is 1. The molecule has 130 valence electrons. The van der Waals surface area contributed by atoms with Crippen LogP contribution in [0.3, 0.4) is 0 Å². The molecule has 0 saturated carbocycles. The number of nitrogens with two attached hydrogens (primary N) is 1. The van der Waals surface area contributed by atoms with E-state index in [1.807, 2.05) is 11.0 Å². The molecule has 0 radical (unpaired) electrons. The van der Waals surface area contributed by atoms with E-state index in [1.165, 1.54) is 11.1 Å². The molecule has 5 heteroatoms. The van der Waals surface area contributed by atoms with Crippen molar-refractivity contribution in [2.75, 3.05) is 26.2 Å². The van der Waals surface area contributed by atoms with Gasteiger partial charge in [0.15, 0.2) is 0 Å². The van der Waals surface area contributed by atoms with Crippen molar-refractivity contribution in [3.63, 3.8) is 0 Å². The Balaban J connectivity index is 1.61. The van der Waals surface area contributed by atoms with Gasteiger partial charge in [-0.25, -0.2) is 0 Å². The largest absolute Gasteiger partial charge is 0.369 e. The lowest BCUT2D eigenvalue weighted by atomic mass is 9.96. The third kappa shape index (κ3) is 3.61. The van der Waals surface area contributed by atoms with Gasteiger partial charge in [0.1, 0.15) is 0 Å². The molecule has 2 aliphatic rings. The standard InChI is InChI=1S/C19H27N3O2/c1-14-5-2-3-6-16(14)17-7-4-10-22(17)18(23)13-21-11-8-15(9-12-21)19(20)24/h2-3,5-6,15,17H,4,7-13H2,1H3,(H2,20,24)/t17-/m1/s1. The van der Waals surface area contributed by atoms with Crippen molar-refractivity contribution in [3.05, 3.63) is 35.4 Å². The van der Waals surface area contributed by atoms with Crippen molar-refractivity contribution < 1.29 is 9.59 Å². The molecule has 2 aliphatic heterocycles. The summed E-state index contributed by atoms with van der Waals surface area (Å²) >= 11 is 0. The fourth-order valence-electron chi connectivity index (χ4n) is 4.01. The zero-order valence-electron chi connectivity index (χ0n) is 14.4. The molecule has 0 aliphatic carbocycles. The molecular formula is C19H27N3O2. The highest BCUT2D eigenvalue weighted by molar-refractivity contribution is 5.79. The Morgan fingerprint density at radius 3 is 2.50 bits per heavy atom. The highest BCUT2D eigenvalue weighted by atomic mass is 16.2. The van der Waals surface area contributed by atoms with E-state index >= 15 is 0 Å².